The smallest absolute Gasteiger partial charge is 0.255 e. The summed E-state index contributed by atoms with van der Waals surface area (Å²) in [5.41, 5.74) is 3.18. The number of halogens is 3. The third kappa shape index (κ3) is 3.21. The molecule has 0 aliphatic heterocycles. The molecule has 4 N–H and O–H groups in total. The maximum Gasteiger partial charge on any atom is 0.255 e. The van der Waals surface area contributed by atoms with E-state index in [9.17, 15) is 4.79 Å². The van der Waals surface area contributed by atoms with Crippen molar-refractivity contribution in [1.29, 1.82) is 0 Å². The number of hydrogen-bond acceptors (Lipinski definition) is 4. The molecule has 0 bridgehead atoms. The molecular formula is C12H9BrCl2N4O. The standard InChI is InChI=1S/C12H9BrCl2N4O/c13-7-1-2-8(11(15)10(7)14)18-12(20)6-3-4-17-9(5-6)19-16/h1-5H,16H2,(H,17,19)(H,18,20). The predicted molar refractivity (Wildman–Crippen MR) is 84.2 cm³/mol. The number of carbonyl (C=O) groups is 1. The Morgan fingerprint density at radius 1 is 1.25 bits per heavy atom. The summed E-state index contributed by atoms with van der Waals surface area (Å²) in [5.74, 6) is 5.29. The van der Waals surface area contributed by atoms with Gasteiger partial charge >= 0.3 is 0 Å². The molecule has 5 nitrogen and oxygen atoms in total. The van der Waals surface area contributed by atoms with Crippen molar-refractivity contribution < 1.29 is 4.79 Å². The van der Waals surface area contributed by atoms with Gasteiger partial charge in [0.2, 0.25) is 0 Å². The maximum atomic E-state index is 12.1. The fourth-order valence-corrected chi connectivity index (χ4v) is 2.29. The topological polar surface area (TPSA) is 80.0 Å². The van der Waals surface area contributed by atoms with E-state index in [1.807, 2.05) is 0 Å². The van der Waals surface area contributed by atoms with Crippen LogP contribution in [0.1, 0.15) is 10.4 Å². The minimum absolute atomic E-state index is 0.264. The molecular weight excluding hydrogens is 367 g/mol. The summed E-state index contributed by atoms with van der Waals surface area (Å²) < 4.78 is 0.653. The average Bonchev–Trinajstić information content (AvgIpc) is 2.48. The number of carbonyl (C=O) groups excluding carboxylic acids is 1. The summed E-state index contributed by atoms with van der Waals surface area (Å²) in [6.45, 7) is 0. The minimum Gasteiger partial charge on any atom is -0.321 e. The van der Waals surface area contributed by atoms with Crippen LogP contribution in [0.25, 0.3) is 0 Å². The Morgan fingerprint density at radius 2 is 2.00 bits per heavy atom. The predicted octanol–water partition coefficient (Wildman–Crippen LogP) is 3.69. The quantitative estimate of drug-likeness (QED) is 0.434. The molecule has 20 heavy (non-hydrogen) atoms. The molecule has 8 heteroatoms. The first-order valence-corrected chi connectivity index (χ1v) is 6.95. The van der Waals surface area contributed by atoms with E-state index in [0.717, 1.165) is 0 Å². The van der Waals surface area contributed by atoms with E-state index in [-0.39, 0.29) is 10.9 Å². The molecule has 2 rings (SSSR count). The molecule has 2 aromatic rings. The van der Waals surface area contributed by atoms with Gasteiger partial charge in [-0.3, -0.25) is 4.79 Å². The summed E-state index contributed by atoms with van der Waals surface area (Å²) in [6, 6.07) is 6.43. The summed E-state index contributed by atoms with van der Waals surface area (Å²) in [6.07, 6.45) is 1.47. The van der Waals surface area contributed by atoms with Crippen LogP contribution in [0.4, 0.5) is 11.5 Å². The van der Waals surface area contributed by atoms with Crippen molar-refractivity contribution in [1.82, 2.24) is 4.98 Å². The van der Waals surface area contributed by atoms with Crippen LogP contribution in [-0.2, 0) is 0 Å². The number of amides is 1. The summed E-state index contributed by atoms with van der Waals surface area (Å²) in [7, 11) is 0. The van der Waals surface area contributed by atoms with Gasteiger partial charge in [0, 0.05) is 16.2 Å². The van der Waals surface area contributed by atoms with Gasteiger partial charge in [0.05, 0.1) is 15.7 Å². The van der Waals surface area contributed by atoms with Gasteiger partial charge in [-0.15, -0.1) is 0 Å². The van der Waals surface area contributed by atoms with Gasteiger partial charge < -0.3 is 10.7 Å². The number of nitrogen functional groups attached to an aromatic ring is 1. The molecule has 0 saturated heterocycles. The SMILES string of the molecule is NNc1cc(C(=O)Nc2ccc(Br)c(Cl)c2Cl)ccn1. The molecule has 0 atom stereocenters. The van der Waals surface area contributed by atoms with Crippen molar-refractivity contribution >= 4 is 56.5 Å². The Bertz CT molecular complexity index is 666. The highest BCUT2D eigenvalue weighted by atomic mass is 79.9. The van der Waals surface area contributed by atoms with Crippen molar-refractivity contribution in [2.75, 3.05) is 10.7 Å². The number of nitrogens with zero attached hydrogens (tertiary/aromatic N) is 1. The van der Waals surface area contributed by atoms with Crippen molar-refractivity contribution in [3.8, 4) is 0 Å². The van der Waals surface area contributed by atoms with Crippen molar-refractivity contribution in [2.24, 2.45) is 5.84 Å². The molecule has 1 amide bonds. The van der Waals surface area contributed by atoms with Crippen LogP contribution >= 0.6 is 39.1 Å². The lowest BCUT2D eigenvalue weighted by atomic mass is 10.2. The number of nitrogens with two attached hydrogens (primary N) is 1. The highest BCUT2D eigenvalue weighted by Gasteiger charge is 2.12. The molecule has 0 spiro atoms. The summed E-state index contributed by atoms with van der Waals surface area (Å²) >= 11 is 15.3. The lowest BCUT2D eigenvalue weighted by Crippen LogP contribution is -2.14. The van der Waals surface area contributed by atoms with E-state index in [2.05, 4.69) is 31.7 Å². The number of benzene rings is 1. The van der Waals surface area contributed by atoms with Gasteiger partial charge in [-0.2, -0.15) is 0 Å². The van der Waals surface area contributed by atoms with Crippen LogP contribution in [0.2, 0.25) is 10.0 Å². The third-order valence-electron chi connectivity index (χ3n) is 2.45. The number of pyridine rings is 1. The van der Waals surface area contributed by atoms with Crippen LogP contribution < -0.4 is 16.6 Å². The first kappa shape index (κ1) is 15.1. The van der Waals surface area contributed by atoms with Gasteiger partial charge in [0.25, 0.3) is 5.91 Å². The van der Waals surface area contributed by atoms with E-state index in [4.69, 9.17) is 29.0 Å². The van der Waals surface area contributed by atoms with Gasteiger partial charge in [0.1, 0.15) is 5.82 Å². The molecule has 0 radical (unpaired) electrons. The van der Waals surface area contributed by atoms with Crippen LogP contribution in [0.3, 0.4) is 0 Å². The Hall–Kier alpha value is -1.34. The maximum absolute atomic E-state index is 12.1. The van der Waals surface area contributed by atoms with Crippen LogP contribution in [0.15, 0.2) is 34.9 Å². The highest BCUT2D eigenvalue weighted by Crippen LogP contribution is 2.35. The molecule has 1 aromatic carbocycles. The van der Waals surface area contributed by atoms with Gasteiger partial charge in [-0.05, 0) is 40.2 Å². The van der Waals surface area contributed by atoms with Crippen LogP contribution in [0.5, 0.6) is 0 Å². The minimum atomic E-state index is -0.343. The van der Waals surface area contributed by atoms with E-state index in [1.165, 1.54) is 12.3 Å². The molecule has 104 valence electrons. The van der Waals surface area contributed by atoms with E-state index in [0.29, 0.717) is 26.6 Å². The zero-order chi connectivity index (χ0) is 14.7. The zero-order valence-corrected chi connectivity index (χ0v) is 13.1. The Labute approximate surface area is 133 Å². The van der Waals surface area contributed by atoms with Crippen LogP contribution in [0, 0.1) is 0 Å². The lowest BCUT2D eigenvalue weighted by Gasteiger charge is -2.10. The van der Waals surface area contributed by atoms with E-state index < -0.39 is 0 Å². The Morgan fingerprint density at radius 3 is 2.70 bits per heavy atom. The fourth-order valence-electron chi connectivity index (χ4n) is 1.47. The zero-order valence-electron chi connectivity index (χ0n) is 9.95. The molecule has 0 saturated carbocycles. The average molecular weight is 376 g/mol. The molecule has 1 heterocycles. The largest absolute Gasteiger partial charge is 0.321 e. The Balaban J connectivity index is 2.25. The van der Waals surface area contributed by atoms with Crippen molar-refractivity contribution in [2.45, 2.75) is 0 Å². The molecule has 0 unspecified atom stereocenters. The van der Waals surface area contributed by atoms with Crippen molar-refractivity contribution in [3.05, 3.63) is 50.5 Å². The lowest BCUT2D eigenvalue weighted by molar-refractivity contribution is 0.102. The number of rotatable bonds is 3. The molecule has 0 fully saturated rings. The number of hydrogen-bond donors (Lipinski definition) is 3. The normalized spacial score (nSPS) is 10.2. The summed E-state index contributed by atoms with van der Waals surface area (Å²) in [4.78, 5) is 16.0. The molecule has 0 aliphatic carbocycles. The second kappa shape index (κ2) is 6.41. The van der Waals surface area contributed by atoms with Crippen molar-refractivity contribution in [3.63, 3.8) is 0 Å². The van der Waals surface area contributed by atoms with E-state index in [1.54, 1.807) is 18.2 Å². The fraction of sp³-hybridized carbons (Fsp3) is 0. The Kier molecular flexibility index (Phi) is 4.82. The van der Waals surface area contributed by atoms with Gasteiger partial charge in [0.15, 0.2) is 0 Å². The van der Waals surface area contributed by atoms with Gasteiger partial charge in [-0.25, -0.2) is 10.8 Å². The second-order valence-electron chi connectivity index (χ2n) is 3.75. The second-order valence-corrected chi connectivity index (χ2v) is 5.36. The van der Waals surface area contributed by atoms with Gasteiger partial charge in [-0.1, -0.05) is 23.2 Å². The molecule has 1 aromatic heterocycles. The van der Waals surface area contributed by atoms with Crippen LogP contribution in [-0.4, -0.2) is 10.9 Å². The summed E-state index contributed by atoms with van der Waals surface area (Å²) in [5, 5.41) is 3.27. The highest BCUT2D eigenvalue weighted by molar-refractivity contribution is 9.10. The number of hydrazine groups is 1. The first-order chi connectivity index (χ1) is 9.52. The monoisotopic (exact) mass is 374 g/mol. The van der Waals surface area contributed by atoms with E-state index >= 15 is 0 Å². The first-order valence-electron chi connectivity index (χ1n) is 5.40. The third-order valence-corrected chi connectivity index (χ3v) is 4.22. The number of nitrogens with one attached hydrogen (secondary N) is 2. The number of anilines is 2. The molecule has 0 aliphatic rings. The number of aromatic nitrogens is 1.